The maximum atomic E-state index is 13.4. The van der Waals surface area contributed by atoms with Crippen LogP contribution >= 0.6 is 0 Å². The lowest BCUT2D eigenvalue weighted by Gasteiger charge is -2.42. The third-order valence-electron chi connectivity index (χ3n) is 6.11. The van der Waals surface area contributed by atoms with Gasteiger partial charge >= 0.3 is 0 Å². The van der Waals surface area contributed by atoms with E-state index in [1.165, 1.54) is 5.57 Å². The number of carbonyl (C=O) groups is 1. The molecule has 2 aromatic carbocycles. The molecule has 31 heavy (non-hydrogen) atoms. The van der Waals surface area contributed by atoms with Gasteiger partial charge in [-0.25, -0.2) is 0 Å². The molecule has 0 bridgehead atoms. The van der Waals surface area contributed by atoms with E-state index in [2.05, 4.69) is 74.2 Å². The van der Waals surface area contributed by atoms with Gasteiger partial charge in [-0.05, 0) is 43.4 Å². The maximum absolute atomic E-state index is 13.4. The van der Waals surface area contributed by atoms with Crippen LogP contribution < -0.4 is 0 Å². The van der Waals surface area contributed by atoms with Gasteiger partial charge in [-0.15, -0.1) is 0 Å². The van der Waals surface area contributed by atoms with Crippen LogP contribution in [0.25, 0.3) is 11.3 Å². The number of hydrogen-bond donors (Lipinski definition) is 0. The SMILES string of the molecule is CCCC(=O)N1C(c2cnc(-c3ccccc3)c(C)c2)CC=C(C)C1c1ccccc1. The van der Waals surface area contributed by atoms with Gasteiger partial charge in [0.25, 0.3) is 0 Å². The molecule has 0 N–H and O–H groups in total. The van der Waals surface area contributed by atoms with Gasteiger partial charge in [0.2, 0.25) is 5.91 Å². The van der Waals surface area contributed by atoms with Gasteiger partial charge in [0.1, 0.15) is 0 Å². The summed E-state index contributed by atoms with van der Waals surface area (Å²) in [5, 5.41) is 0. The first-order valence-electron chi connectivity index (χ1n) is 11.1. The summed E-state index contributed by atoms with van der Waals surface area (Å²) in [6.07, 6.45) is 6.47. The number of aryl methyl sites for hydroxylation is 1. The second kappa shape index (κ2) is 9.30. The fraction of sp³-hybridized carbons (Fsp3) is 0.286. The van der Waals surface area contributed by atoms with E-state index in [-0.39, 0.29) is 18.0 Å². The Morgan fingerprint density at radius 3 is 2.32 bits per heavy atom. The van der Waals surface area contributed by atoms with Gasteiger partial charge in [0.15, 0.2) is 0 Å². The minimum Gasteiger partial charge on any atom is -0.324 e. The highest BCUT2D eigenvalue weighted by atomic mass is 16.2. The fourth-order valence-corrected chi connectivity index (χ4v) is 4.62. The zero-order valence-electron chi connectivity index (χ0n) is 18.6. The van der Waals surface area contributed by atoms with Crippen molar-refractivity contribution in [2.75, 3.05) is 0 Å². The molecule has 0 fully saturated rings. The van der Waals surface area contributed by atoms with Crippen LogP contribution in [-0.4, -0.2) is 15.8 Å². The van der Waals surface area contributed by atoms with Crippen LogP contribution in [0.15, 0.2) is 84.6 Å². The highest BCUT2D eigenvalue weighted by molar-refractivity contribution is 5.78. The molecule has 1 aliphatic heterocycles. The number of rotatable bonds is 5. The Bertz CT molecular complexity index is 1070. The molecule has 2 unspecified atom stereocenters. The summed E-state index contributed by atoms with van der Waals surface area (Å²) in [5.74, 6) is 0.207. The van der Waals surface area contributed by atoms with Crippen molar-refractivity contribution in [3.63, 3.8) is 0 Å². The van der Waals surface area contributed by atoms with Crippen molar-refractivity contribution >= 4 is 5.91 Å². The number of pyridine rings is 1. The average molecular weight is 411 g/mol. The Hall–Kier alpha value is -3.20. The van der Waals surface area contributed by atoms with Crippen molar-refractivity contribution in [2.24, 2.45) is 0 Å². The van der Waals surface area contributed by atoms with Crippen LogP contribution in [0.4, 0.5) is 0 Å². The number of carbonyl (C=O) groups excluding carboxylic acids is 1. The van der Waals surface area contributed by atoms with Crippen molar-refractivity contribution in [3.8, 4) is 11.3 Å². The molecule has 0 saturated carbocycles. The fourth-order valence-electron chi connectivity index (χ4n) is 4.62. The molecule has 158 valence electrons. The third kappa shape index (κ3) is 4.32. The molecular formula is C28H30N2O. The maximum Gasteiger partial charge on any atom is 0.223 e. The number of amides is 1. The van der Waals surface area contributed by atoms with E-state index < -0.39 is 0 Å². The summed E-state index contributed by atoms with van der Waals surface area (Å²) < 4.78 is 0. The summed E-state index contributed by atoms with van der Waals surface area (Å²) in [6, 6.07) is 22.8. The first kappa shape index (κ1) is 21.0. The molecule has 0 saturated heterocycles. The highest BCUT2D eigenvalue weighted by Crippen LogP contribution is 2.42. The molecule has 2 atom stereocenters. The van der Waals surface area contributed by atoms with Crippen molar-refractivity contribution in [1.82, 2.24) is 9.88 Å². The van der Waals surface area contributed by atoms with E-state index in [1.54, 1.807) is 0 Å². The lowest BCUT2D eigenvalue weighted by Crippen LogP contribution is -2.40. The van der Waals surface area contributed by atoms with Gasteiger partial charge in [-0.3, -0.25) is 9.78 Å². The molecule has 3 nitrogen and oxygen atoms in total. The van der Waals surface area contributed by atoms with Crippen molar-refractivity contribution < 1.29 is 4.79 Å². The standard InChI is InChI=1S/C28H30N2O/c1-4-11-26(31)30-25(17-16-20(2)28(30)23-14-9-6-10-15-23)24-18-21(3)27(29-19-24)22-12-7-5-8-13-22/h5-10,12-16,18-19,25,28H,4,11,17H2,1-3H3. The van der Waals surface area contributed by atoms with Gasteiger partial charge in [-0.2, -0.15) is 0 Å². The molecule has 4 rings (SSSR count). The summed E-state index contributed by atoms with van der Waals surface area (Å²) in [6.45, 7) is 6.31. The van der Waals surface area contributed by atoms with Crippen molar-refractivity contribution in [2.45, 2.75) is 52.1 Å². The van der Waals surface area contributed by atoms with E-state index in [4.69, 9.17) is 4.98 Å². The summed E-state index contributed by atoms with van der Waals surface area (Å²) in [4.78, 5) is 20.3. The van der Waals surface area contributed by atoms with Crippen molar-refractivity contribution in [3.05, 3.63) is 101 Å². The summed E-state index contributed by atoms with van der Waals surface area (Å²) in [7, 11) is 0. The van der Waals surface area contributed by atoms with E-state index in [9.17, 15) is 4.79 Å². The monoisotopic (exact) mass is 410 g/mol. The third-order valence-corrected chi connectivity index (χ3v) is 6.11. The predicted molar refractivity (Wildman–Crippen MR) is 126 cm³/mol. The van der Waals surface area contributed by atoms with Gasteiger partial charge in [0.05, 0.1) is 17.8 Å². The van der Waals surface area contributed by atoms with E-state index in [0.717, 1.165) is 40.8 Å². The van der Waals surface area contributed by atoms with Crippen LogP contribution in [0.2, 0.25) is 0 Å². The zero-order chi connectivity index (χ0) is 21.8. The lowest BCUT2D eigenvalue weighted by molar-refractivity contribution is -0.136. The molecule has 0 aliphatic carbocycles. The Labute approximate surface area is 185 Å². The molecule has 1 amide bonds. The Morgan fingerprint density at radius 2 is 1.68 bits per heavy atom. The quantitative estimate of drug-likeness (QED) is 0.433. The Morgan fingerprint density at radius 1 is 1.00 bits per heavy atom. The van der Waals surface area contributed by atoms with E-state index in [1.807, 2.05) is 30.5 Å². The smallest absolute Gasteiger partial charge is 0.223 e. The Kier molecular flexibility index (Phi) is 6.31. The molecule has 1 aliphatic rings. The summed E-state index contributed by atoms with van der Waals surface area (Å²) >= 11 is 0. The second-order valence-electron chi connectivity index (χ2n) is 8.36. The topological polar surface area (TPSA) is 33.2 Å². The molecular weight excluding hydrogens is 380 g/mol. The van der Waals surface area contributed by atoms with Crippen LogP contribution in [-0.2, 0) is 4.79 Å². The van der Waals surface area contributed by atoms with Crippen molar-refractivity contribution in [1.29, 1.82) is 0 Å². The van der Waals surface area contributed by atoms with Crippen LogP contribution in [0.3, 0.4) is 0 Å². The summed E-state index contributed by atoms with van der Waals surface area (Å²) in [5.41, 5.74) is 6.75. The number of nitrogens with zero attached hydrogens (tertiary/aromatic N) is 2. The molecule has 0 radical (unpaired) electrons. The highest BCUT2D eigenvalue weighted by Gasteiger charge is 2.36. The minimum absolute atomic E-state index is 0.0102. The number of benzene rings is 2. The normalized spacial score (nSPS) is 18.5. The van der Waals surface area contributed by atoms with E-state index >= 15 is 0 Å². The van der Waals surface area contributed by atoms with Gasteiger partial charge in [0, 0.05) is 18.2 Å². The minimum atomic E-state index is -0.0342. The van der Waals surface area contributed by atoms with Crippen LogP contribution in [0.5, 0.6) is 0 Å². The number of aromatic nitrogens is 1. The molecule has 0 spiro atoms. The average Bonchev–Trinajstić information content (AvgIpc) is 2.80. The molecule has 1 aromatic heterocycles. The van der Waals surface area contributed by atoms with Crippen LogP contribution in [0.1, 0.15) is 61.9 Å². The Balaban J connectivity index is 1.75. The number of hydrogen-bond acceptors (Lipinski definition) is 2. The lowest BCUT2D eigenvalue weighted by atomic mass is 9.87. The first-order chi connectivity index (χ1) is 15.1. The second-order valence-corrected chi connectivity index (χ2v) is 8.36. The first-order valence-corrected chi connectivity index (χ1v) is 11.1. The van der Waals surface area contributed by atoms with Gasteiger partial charge in [-0.1, -0.05) is 85.3 Å². The molecule has 3 aromatic rings. The predicted octanol–water partition coefficient (Wildman–Crippen LogP) is 6.82. The molecule has 2 heterocycles. The van der Waals surface area contributed by atoms with E-state index in [0.29, 0.717) is 6.42 Å². The zero-order valence-corrected chi connectivity index (χ0v) is 18.6. The van der Waals surface area contributed by atoms with Gasteiger partial charge < -0.3 is 4.90 Å². The molecule has 3 heteroatoms. The largest absolute Gasteiger partial charge is 0.324 e. The van der Waals surface area contributed by atoms with Crippen LogP contribution in [0, 0.1) is 6.92 Å².